The molecule has 5 nitrogen and oxygen atoms in total. The van der Waals surface area contributed by atoms with Crippen molar-refractivity contribution in [1.82, 2.24) is 4.90 Å². The average molecular weight is 294 g/mol. The first-order chi connectivity index (χ1) is 10.6. The Morgan fingerprint density at radius 2 is 1.91 bits per heavy atom. The van der Waals surface area contributed by atoms with Gasteiger partial charge in [0.1, 0.15) is 23.5 Å². The predicted molar refractivity (Wildman–Crippen MR) is 85.2 cm³/mol. The number of hydrogen-bond donors (Lipinski definition) is 0. The monoisotopic (exact) mass is 294 g/mol. The van der Waals surface area contributed by atoms with Crippen LogP contribution in [0, 0.1) is 22.7 Å². The lowest BCUT2D eigenvalue weighted by Gasteiger charge is -2.19. The number of para-hydroxylation sites is 2. The summed E-state index contributed by atoms with van der Waals surface area (Å²) in [6, 6.07) is 11.7. The van der Waals surface area contributed by atoms with Gasteiger partial charge in [0.25, 0.3) is 0 Å². The summed E-state index contributed by atoms with van der Waals surface area (Å²) < 4.78 is 5.40. The second-order valence-corrected chi connectivity index (χ2v) is 5.22. The zero-order chi connectivity index (χ0) is 16.1. The Morgan fingerprint density at radius 3 is 2.50 bits per heavy atom. The van der Waals surface area contributed by atoms with Gasteiger partial charge in [0.05, 0.1) is 12.8 Å². The maximum Gasteiger partial charge on any atom is 0.142 e. The Hall–Kier alpha value is -2.92. The maximum absolute atomic E-state index is 9.18. The summed E-state index contributed by atoms with van der Waals surface area (Å²) in [4.78, 5) is 4.03. The van der Waals surface area contributed by atoms with E-state index in [1.54, 1.807) is 7.11 Å². The Kier molecular flexibility index (Phi) is 4.70. The largest absolute Gasteiger partial charge is 0.495 e. The summed E-state index contributed by atoms with van der Waals surface area (Å²) in [5.74, 6) is 0.781. The number of hydrogen-bond acceptors (Lipinski definition) is 5. The first kappa shape index (κ1) is 15.5. The fraction of sp³-hybridized carbons (Fsp3) is 0.294. The fourth-order valence-electron chi connectivity index (χ4n) is 2.54. The van der Waals surface area contributed by atoms with Crippen molar-refractivity contribution >= 4 is 5.69 Å². The maximum atomic E-state index is 9.18. The van der Waals surface area contributed by atoms with Gasteiger partial charge in [-0.05, 0) is 17.7 Å². The molecule has 1 aliphatic heterocycles. The van der Waals surface area contributed by atoms with Crippen LogP contribution in [0.4, 0.5) is 5.69 Å². The van der Waals surface area contributed by atoms with Gasteiger partial charge < -0.3 is 14.5 Å². The summed E-state index contributed by atoms with van der Waals surface area (Å²) in [6.07, 6.45) is 1.96. The molecule has 2 rings (SSSR count). The van der Waals surface area contributed by atoms with Gasteiger partial charge in [-0.2, -0.15) is 10.5 Å². The van der Waals surface area contributed by atoms with Crippen LogP contribution < -0.4 is 9.64 Å². The van der Waals surface area contributed by atoms with Crippen LogP contribution >= 0.6 is 0 Å². The van der Waals surface area contributed by atoms with Crippen molar-refractivity contribution in [3.63, 3.8) is 0 Å². The smallest absolute Gasteiger partial charge is 0.142 e. The van der Waals surface area contributed by atoms with Gasteiger partial charge in [-0.1, -0.05) is 12.1 Å². The molecule has 0 spiro atoms. The summed E-state index contributed by atoms with van der Waals surface area (Å²) >= 11 is 0. The Bertz CT molecular complexity index is 688. The summed E-state index contributed by atoms with van der Waals surface area (Å²) in [5, 5.41) is 18.4. The molecule has 1 fully saturated rings. The third kappa shape index (κ3) is 3.05. The van der Waals surface area contributed by atoms with Crippen LogP contribution in [-0.2, 0) is 0 Å². The van der Waals surface area contributed by atoms with Gasteiger partial charge in [-0.25, -0.2) is 0 Å². The highest BCUT2D eigenvalue weighted by atomic mass is 16.5. The van der Waals surface area contributed by atoms with Gasteiger partial charge in [-0.3, -0.25) is 0 Å². The first-order valence-corrected chi connectivity index (χ1v) is 6.89. The molecule has 0 amide bonds. The topological polar surface area (TPSA) is 63.3 Å². The highest BCUT2D eigenvalue weighted by Gasteiger charge is 2.27. The standard InChI is InChI=1S/C17H18N4O/c1-20(2)10-14-11-21(12-15(14)13(8-18)9-19)16-6-4-5-7-17(16)22-3/h4-7,10H,11-12H2,1-3H3. The normalized spacial score (nSPS) is 15.4. The molecule has 0 radical (unpaired) electrons. The number of methoxy groups -OCH3 is 1. The van der Waals surface area contributed by atoms with Crippen molar-refractivity contribution in [3.8, 4) is 17.9 Å². The van der Waals surface area contributed by atoms with E-state index in [-0.39, 0.29) is 5.57 Å². The number of allylic oxidation sites excluding steroid dienone is 1. The molecular weight excluding hydrogens is 276 g/mol. The van der Waals surface area contributed by atoms with Gasteiger partial charge in [0, 0.05) is 39.0 Å². The van der Waals surface area contributed by atoms with Crippen LogP contribution in [0.5, 0.6) is 5.75 Å². The van der Waals surface area contributed by atoms with E-state index in [0.717, 1.165) is 22.6 Å². The highest BCUT2D eigenvalue weighted by molar-refractivity contribution is 5.66. The van der Waals surface area contributed by atoms with Gasteiger partial charge >= 0.3 is 0 Å². The molecular formula is C17H18N4O. The van der Waals surface area contributed by atoms with E-state index in [9.17, 15) is 10.5 Å². The Balaban J connectivity index is 2.47. The Labute approximate surface area is 130 Å². The number of ether oxygens (including phenoxy) is 1. The molecule has 0 N–H and O–H groups in total. The SMILES string of the molecule is COc1ccccc1N1CC(=CN(C)C)C(=C(C#N)C#N)C1. The highest BCUT2D eigenvalue weighted by Crippen LogP contribution is 2.34. The lowest BCUT2D eigenvalue weighted by atomic mass is 10.1. The van der Waals surface area contributed by atoms with Crippen molar-refractivity contribution in [2.75, 3.05) is 39.2 Å². The van der Waals surface area contributed by atoms with Crippen LogP contribution in [-0.4, -0.2) is 39.2 Å². The molecule has 1 heterocycles. The molecule has 1 aliphatic rings. The van der Waals surface area contributed by atoms with Crippen LogP contribution in [0.1, 0.15) is 0 Å². The van der Waals surface area contributed by atoms with E-state index in [0.29, 0.717) is 13.1 Å². The second-order valence-electron chi connectivity index (χ2n) is 5.22. The second kappa shape index (κ2) is 6.69. The lowest BCUT2D eigenvalue weighted by Crippen LogP contribution is -2.19. The minimum Gasteiger partial charge on any atom is -0.495 e. The van der Waals surface area contributed by atoms with E-state index < -0.39 is 0 Å². The number of anilines is 1. The molecule has 0 unspecified atom stereocenters. The summed E-state index contributed by atoms with van der Waals surface area (Å²) in [6.45, 7) is 1.16. The molecule has 0 saturated carbocycles. The number of nitrogens with zero attached hydrogens (tertiary/aromatic N) is 4. The number of rotatable bonds is 3. The zero-order valence-corrected chi connectivity index (χ0v) is 13.0. The van der Waals surface area contributed by atoms with Crippen molar-refractivity contribution in [1.29, 1.82) is 10.5 Å². The van der Waals surface area contributed by atoms with E-state index in [4.69, 9.17) is 4.74 Å². The summed E-state index contributed by atoms with van der Waals surface area (Å²) in [5.41, 5.74) is 2.89. The molecule has 1 aromatic rings. The van der Waals surface area contributed by atoms with Crippen LogP contribution in [0.3, 0.4) is 0 Å². The molecule has 0 aliphatic carbocycles. The molecule has 0 atom stereocenters. The minimum atomic E-state index is 0.172. The number of nitriles is 2. The molecule has 1 saturated heterocycles. The van der Waals surface area contributed by atoms with Crippen LogP contribution in [0.25, 0.3) is 0 Å². The van der Waals surface area contributed by atoms with Crippen molar-refractivity contribution in [3.05, 3.63) is 47.2 Å². The van der Waals surface area contributed by atoms with Crippen molar-refractivity contribution in [2.24, 2.45) is 0 Å². The quantitative estimate of drug-likeness (QED) is 0.800. The van der Waals surface area contributed by atoms with E-state index in [1.807, 2.05) is 61.6 Å². The first-order valence-electron chi connectivity index (χ1n) is 6.89. The average Bonchev–Trinajstić information content (AvgIpc) is 2.91. The summed E-state index contributed by atoms with van der Waals surface area (Å²) in [7, 11) is 5.49. The molecule has 112 valence electrons. The van der Waals surface area contributed by atoms with Gasteiger partial charge in [-0.15, -0.1) is 0 Å². The van der Waals surface area contributed by atoms with Gasteiger partial charge in [0.15, 0.2) is 0 Å². The Morgan fingerprint density at radius 1 is 1.23 bits per heavy atom. The van der Waals surface area contributed by atoms with E-state index in [1.165, 1.54) is 0 Å². The van der Waals surface area contributed by atoms with Crippen LogP contribution in [0.15, 0.2) is 47.2 Å². The van der Waals surface area contributed by atoms with Gasteiger partial charge in [0.2, 0.25) is 0 Å². The molecule has 22 heavy (non-hydrogen) atoms. The van der Waals surface area contributed by atoms with E-state index >= 15 is 0 Å². The predicted octanol–water partition coefficient (Wildman–Crippen LogP) is 2.30. The lowest BCUT2D eigenvalue weighted by molar-refractivity contribution is 0.415. The molecule has 0 aromatic heterocycles. The van der Waals surface area contributed by atoms with Crippen molar-refractivity contribution < 1.29 is 4.74 Å². The number of benzene rings is 1. The molecule has 5 heteroatoms. The van der Waals surface area contributed by atoms with Crippen LogP contribution in [0.2, 0.25) is 0 Å². The zero-order valence-electron chi connectivity index (χ0n) is 13.0. The van der Waals surface area contributed by atoms with Crippen molar-refractivity contribution in [2.45, 2.75) is 0 Å². The third-order valence-corrected chi connectivity index (χ3v) is 3.46. The fourth-order valence-corrected chi connectivity index (χ4v) is 2.54. The molecule has 0 bridgehead atoms. The third-order valence-electron chi connectivity index (χ3n) is 3.46. The minimum absolute atomic E-state index is 0.172. The molecule has 1 aromatic carbocycles. The van der Waals surface area contributed by atoms with E-state index in [2.05, 4.69) is 4.90 Å².